The van der Waals surface area contributed by atoms with E-state index >= 15 is 0 Å². The van der Waals surface area contributed by atoms with E-state index < -0.39 is 22.6 Å². The second-order valence-electron chi connectivity index (χ2n) is 6.51. The fourth-order valence-corrected chi connectivity index (χ4v) is 3.95. The van der Waals surface area contributed by atoms with Crippen molar-refractivity contribution in [3.05, 3.63) is 87.4 Å². The Morgan fingerprint density at radius 1 is 1.03 bits per heavy atom. The summed E-state index contributed by atoms with van der Waals surface area (Å²) in [6, 6.07) is 15.3. The van der Waals surface area contributed by atoms with Crippen molar-refractivity contribution in [1.82, 2.24) is 4.98 Å². The summed E-state index contributed by atoms with van der Waals surface area (Å²) in [6.45, 7) is 0. The fraction of sp³-hybridized carbons (Fsp3) is 0.0476. The predicted molar refractivity (Wildman–Crippen MR) is 111 cm³/mol. The number of fused-ring (bicyclic) bond motifs is 1. The Balaban J connectivity index is 1.62. The van der Waals surface area contributed by atoms with E-state index in [0.29, 0.717) is 21.5 Å². The summed E-state index contributed by atoms with van der Waals surface area (Å²) >= 11 is 0.986. The Morgan fingerprint density at radius 3 is 2.55 bits per heavy atom. The number of hydrogen-bond acceptors (Lipinski definition) is 5. The molecule has 1 amide bonds. The number of halogens is 3. The monoisotopic (exact) mass is 443 g/mol. The Labute approximate surface area is 177 Å². The van der Waals surface area contributed by atoms with Crippen LogP contribution in [-0.2, 0) is 6.18 Å². The molecule has 0 bridgehead atoms. The Morgan fingerprint density at radius 2 is 1.81 bits per heavy atom. The lowest BCUT2D eigenvalue weighted by Crippen LogP contribution is -2.11. The third-order valence-corrected chi connectivity index (χ3v) is 5.46. The number of nitro groups is 1. The highest BCUT2D eigenvalue weighted by atomic mass is 32.1. The van der Waals surface area contributed by atoms with Gasteiger partial charge >= 0.3 is 6.18 Å². The largest absolute Gasteiger partial charge is 0.417 e. The summed E-state index contributed by atoms with van der Waals surface area (Å²) in [5.74, 6) is -0.565. The van der Waals surface area contributed by atoms with E-state index in [1.807, 2.05) is 0 Å². The molecule has 4 aromatic rings. The predicted octanol–water partition coefficient (Wildman–Crippen LogP) is 6.14. The number of non-ortho nitro benzene ring substituents is 1. The van der Waals surface area contributed by atoms with Crippen LogP contribution in [0.2, 0.25) is 0 Å². The molecule has 1 heterocycles. The Bertz CT molecular complexity index is 1320. The molecule has 4 rings (SSSR count). The first kappa shape index (κ1) is 20.5. The number of hydrogen-bond donors (Lipinski definition) is 1. The topological polar surface area (TPSA) is 85.1 Å². The number of nitrogens with one attached hydrogen (secondary N) is 1. The zero-order valence-electron chi connectivity index (χ0n) is 15.5. The number of anilines is 1. The summed E-state index contributed by atoms with van der Waals surface area (Å²) < 4.78 is 40.5. The highest BCUT2D eigenvalue weighted by molar-refractivity contribution is 7.20. The third kappa shape index (κ3) is 4.24. The van der Waals surface area contributed by atoms with E-state index in [-0.39, 0.29) is 16.3 Å². The quantitative estimate of drug-likeness (QED) is 0.303. The van der Waals surface area contributed by atoms with Gasteiger partial charge in [0.25, 0.3) is 11.6 Å². The molecule has 0 unspecified atom stereocenters. The van der Waals surface area contributed by atoms with Crippen LogP contribution < -0.4 is 5.32 Å². The molecular formula is C21H12F3N3O3S. The van der Waals surface area contributed by atoms with Gasteiger partial charge < -0.3 is 5.32 Å². The lowest BCUT2D eigenvalue weighted by molar-refractivity contribution is -0.384. The second-order valence-corrected chi connectivity index (χ2v) is 7.54. The number of nitrogens with zero attached hydrogens (tertiary/aromatic N) is 2. The number of aromatic nitrogens is 1. The molecule has 0 saturated heterocycles. The number of rotatable bonds is 4. The minimum Gasteiger partial charge on any atom is -0.320 e. The van der Waals surface area contributed by atoms with Gasteiger partial charge in [-0.15, -0.1) is 11.3 Å². The molecule has 156 valence electrons. The van der Waals surface area contributed by atoms with Crippen LogP contribution in [0.25, 0.3) is 21.3 Å². The van der Waals surface area contributed by atoms with Crippen LogP contribution in [0.5, 0.6) is 0 Å². The van der Waals surface area contributed by atoms with Crippen molar-refractivity contribution in [1.29, 1.82) is 0 Å². The number of benzene rings is 3. The molecule has 0 aliphatic heterocycles. The average molecular weight is 443 g/mol. The van der Waals surface area contributed by atoms with Crippen LogP contribution in [0.4, 0.5) is 24.5 Å². The van der Waals surface area contributed by atoms with Crippen molar-refractivity contribution in [3.63, 3.8) is 0 Å². The maximum absolute atomic E-state index is 13.3. The summed E-state index contributed by atoms with van der Waals surface area (Å²) in [5.41, 5.74) is 0.146. The van der Waals surface area contributed by atoms with E-state index in [9.17, 15) is 28.1 Å². The lowest BCUT2D eigenvalue weighted by Gasteiger charge is -2.13. The standard InChI is InChI=1S/C21H12F3N3O3S/c22-21(23,24)16-7-2-1-6-15(16)12-4-3-5-13(10-12)25-19(28)20-26-17-9-8-14(27(29)30)11-18(17)31-20/h1-11H,(H,25,28). The second kappa shape index (κ2) is 7.80. The molecule has 6 nitrogen and oxygen atoms in total. The maximum atomic E-state index is 13.3. The highest BCUT2D eigenvalue weighted by Crippen LogP contribution is 2.37. The van der Waals surface area contributed by atoms with Gasteiger partial charge in [-0.1, -0.05) is 30.3 Å². The van der Waals surface area contributed by atoms with Crippen LogP contribution in [0.3, 0.4) is 0 Å². The van der Waals surface area contributed by atoms with E-state index in [2.05, 4.69) is 10.3 Å². The maximum Gasteiger partial charge on any atom is 0.417 e. The van der Waals surface area contributed by atoms with Gasteiger partial charge in [-0.25, -0.2) is 4.98 Å². The summed E-state index contributed by atoms with van der Waals surface area (Å²) in [5, 5.41) is 13.6. The third-order valence-electron chi connectivity index (χ3n) is 4.44. The van der Waals surface area contributed by atoms with Gasteiger partial charge in [-0.3, -0.25) is 14.9 Å². The number of carbonyl (C=O) groups is 1. The van der Waals surface area contributed by atoms with Crippen molar-refractivity contribution < 1.29 is 22.9 Å². The number of nitro benzene ring substituents is 1. The molecule has 0 fully saturated rings. The molecule has 10 heteroatoms. The lowest BCUT2D eigenvalue weighted by atomic mass is 9.99. The van der Waals surface area contributed by atoms with Crippen molar-refractivity contribution in [2.45, 2.75) is 6.18 Å². The van der Waals surface area contributed by atoms with Gasteiger partial charge in [-0.05, 0) is 35.4 Å². The normalized spacial score (nSPS) is 11.5. The molecule has 3 aromatic carbocycles. The minimum atomic E-state index is -4.51. The number of carbonyl (C=O) groups excluding carboxylic acids is 1. The van der Waals surface area contributed by atoms with Crippen LogP contribution in [-0.4, -0.2) is 15.8 Å². The van der Waals surface area contributed by atoms with E-state index in [0.717, 1.165) is 17.4 Å². The van der Waals surface area contributed by atoms with Gasteiger partial charge in [0, 0.05) is 17.8 Å². The molecule has 31 heavy (non-hydrogen) atoms. The first-order valence-corrected chi connectivity index (χ1v) is 9.67. The highest BCUT2D eigenvalue weighted by Gasteiger charge is 2.33. The summed E-state index contributed by atoms with van der Waals surface area (Å²) in [6.07, 6.45) is -4.51. The zero-order valence-corrected chi connectivity index (χ0v) is 16.3. The van der Waals surface area contributed by atoms with E-state index in [1.165, 1.54) is 48.5 Å². The summed E-state index contributed by atoms with van der Waals surface area (Å²) in [4.78, 5) is 27.1. The van der Waals surface area contributed by atoms with Crippen LogP contribution in [0.1, 0.15) is 15.4 Å². The minimum absolute atomic E-state index is 0.00149. The van der Waals surface area contributed by atoms with Gasteiger partial charge in [-0.2, -0.15) is 13.2 Å². The van der Waals surface area contributed by atoms with Crippen molar-refractivity contribution in [2.24, 2.45) is 0 Å². The van der Waals surface area contributed by atoms with Crippen molar-refractivity contribution in [3.8, 4) is 11.1 Å². The first-order valence-electron chi connectivity index (χ1n) is 8.85. The fourth-order valence-electron chi connectivity index (χ4n) is 3.06. The van der Waals surface area contributed by atoms with E-state index in [1.54, 1.807) is 12.1 Å². The SMILES string of the molecule is O=C(Nc1cccc(-c2ccccc2C(F)(F)F)c1)c1nc2ccc([N+](=O)[O-])cc2s1. The molecule has 1 N–H and O–H groups in total. The zero-order chi connectivity index (χ0) is 22.2. The molecule has 0 aliphatic rings. The number of thiazole rings is 1. The van der Waals surface area contributed by atoms with Gasteiger partial charge in [0.2, 0.25) is 0 Å². The summed E-state index contributed by atoms with van der Waals surface area (Å²) in [7, 11) is 0. The van der Waals surface area contributed by atoms with Crippen LogP contribution >= 0.6 is 11.3 Å². The van der Waals surface area contributed by atoms with Gasteiger partial charge in [0.15, 0.2) is 5.01 Å². The average Bonchev–Trinajstić information content (AvgIpc) is 3.17. The Hall–Kier alpha value is -3.79. The van der Waals surface area contributed by atoms with Crippen LogP contribution in [0.15, 0.2) is 66.7 Å². The molecule has 0 radical (unpaired) electrons. The Kier molecular flexibility index (Phi) is 5.15. The van der Waals surface area contributed by atoms with Gasteiger partial charge in [0.1, 0.15) is 0 Å². The number of amides is 1. The molecule has 0 aliphatic carbocycles. The molecular weight excluding hydrogens is 431 g/mol. The van der Waals surface area contributed by atoms with E-state index in [4.69, 9.17) is 0 Å². The number of alkyl halides is 3. The first-order chi connectivity index (χ1) is 14.7. The molecule has 1 aromatic heterocycles. The molecule has 0 atom stereocenters. The van der Waals surface area contributed by atoms with Crippen molar-refractivity contribution in [2.75, 3.05) is 5.32 Å². The molecule has 0 saturated carbocycles. The van der Waals surface area contributed by atoms with Crippen molar-refractivity contribution >= 4 is 38.8 Å². The van der Waals surface area contributed by atoms with Crippen LogP contribution in [0, 0.1) is 10.1 Å². The molecule has 0 spiro atoms. The van der Waals surface area contributed by atoms with Gasteiger partial charge in [0.05, 0.1) is 20.7 Å². The smallest absolute Gasteiger partial charge is 0.320 e.